The van der Waals surface area contributed by atoms with Crippen LogP contribution >= 0.6 is 0 Å². The third-order valence-corrected chi connectivity index (χ3v) is 4.63. The minimum absolute atomic E-state index is 0.0376. The Morgan fingerprint density at radius 1 is 0.963 bits per heavy atom. The molecule has 0 bridgehead atoms. The molecule has 0 radical (unpaired) electrons. The topological polar surface area (TPSA) is 50.4 Å². The van der Waals surface area contributed by atoms with E-state index >= 15 is 0 Å². The lowest BCUT2D eigenvalue weighted by molar-refractivity contribution is -0.116. The predicted octanol–water partition coefficient (Wildman–Crippen LogP) is 5.08. The van der Waals surface area contributed by atoms with Gasteiger partial charge < -0.3 is 15.4 Å². The molecule has 1 heterocycles. The second kappa shape index (κ2) is 7.54. The summed E-state index contributed by atoms with van der Waals surface area (Å²) < 4.78 is 5.87. The molecule has 27 heavy (non-hydrogen) atoms. The van der Waals surface area contributed by atoms with Crippen molar-refractivity contribution < 1.29 is 9.53 Å². The Kier molecular flexibility index (Phi) is 4.79. The molecular formula is C23H22N2O2. The molecule has 4 heteroatoms. The maximum absolute atomic E-state index is 12.0. The van der Waals surface area contributed by atoms with Gasteiger partial charge in [-0.1, -0.05) is 54.6 Å². The van der Waals surface area contributed by atoms with E-state index in [0.29, 0.717) is 13.0 Å². The van der Waals surface area contributed by atoms with Crippen LogP contribution in [0.3, 0.4) is 0 Å². The SMILES string of the molecule is CC1CC(=O)Nc2cccc(-c3ccc(OCc4ccccc4)cc3)c2N1. The maximum atomic E-state index is 12.0. The van der Waals surface area contributed by atoms with Crippen LogP contribution in [0.15, 0.2) is 72.8 Å². The number of rotatable bonds is 4. The number of benzene rings is 3. The molecule has 0 saturated carbocycles. The second-order valence-electron chi connectivity index (χ2n) is 6.82. The summed E-state index contributed by atoms with van der Waals surface area (Å²) in [5.41, 5.74) is 5.08. The lowest BCUT2D eigenvalue weighted by atomic mass is 10.0. The number of carbonyl (C=O) groups is 1. The lowest BCUT2D eigenvalue weighted by Gasteiger charge is -2.17. The van der Waals surface area contributed by atoms with Gasteiger partial charge in [-0.15, -0.1) is 0 Å². The molecule has 2 N–H and O–H groups in total. The molecule has 0 saturated heterocycles. The summed E-state index contributed by atoms with van der Waals surface area (Å²) in [5, 5.41) is 6.45. The van der Waals surface area contributed by atoms with E-state index in [1.54, 1.807) is 0 Å². The first-order valence-corrected chi connectivity index (χ1v) is 9.15. The number of anilines is 2. The van der Waals surface area contributed by atoms with Crippen molar-refractivity contribution in [3.8, 4) is 16.9 Å². The smallest absolute Gasteiger partial charge is 0.226 e. The normalized spacial score (nSPS) is 15.9. The Morgan fingerprint density at radius 3 is 2.52 bits per heavy atom. The standard InChI is InChI=1S/C23H22N2O2/c1-16-14-22(26)25-21-9-5-8-20(23(21)24-16)18-10-12-19(13-11-18)27-15-17-6-3-2-4-7-17/h2-13,16,24H,14-15H2,1H3,(H,25,26). The number of nitrogens with one attached hydrogen (secondary N) is 2. The van der Waals surface area contributed by atoms with Crippen LogP contribution < -0.4 is 15.4 Å². The molecular weight excluding hydrogens is 336 g/mol. The van der Waals surface area contributed by atoms with Crippen molar-refractivity contribution in [2.24, 2.45) is 0 Å². The third kappa shape index (κ3) is 3.95. The Labute approximate surface area is 159 Å². The minimum Gasteiger partial charge on any atom is -0.489 e. The lowest BCUT2D eigenvalue weighted by Crippen LogP contribution is -2.19. The van der Waals surface area contributed by atoms with Crippen molar-refractivity contribution in [2.75, 3.05) is 10.6 Å². The highest BCUT2D eigenvalue weighted by atomic mass is 16.5. The zero-order valence-corrected chi connectivity index (χ0v) is 15.2. The first kappa shape index (κ1) is 17.2. The fraction of sp³-hybridized carbons (Fsp3) is 0.174. The van der Waals surface area contributed by atoms with Gasteiger partial charge >= 0.3 is 0 Å². The van der Waals surface area contributed by atoms with Gasteiger partial charge in [0.25, 0.3) is 0 Å². The summed E-state index contributed by atoms with van der Waals surface area (Å²) >= 11 is 0. The highest BCUT2D eigenvalue weighted by molar-refractivity contribution is 6.00. The van der Waals surface area contributed by atoms with E-state index in [1.807, 2.05) is 49.4 Å². The van der Waals surface area contributed by atoms with E-state index in [9.17, 15) is 4.79 Å². The fourth-order valence-electron chi connectivity index (χ4n) is 3.30. The van der Waals surface area contributed by atoms with Gasteiger partial charge in [0.15, 0.2) is 0 Å². The molecule has 1 aliphatic heterocycles. The number of fused-ring (bicyclic) bond motifs is 1. The number of amides is 1. The predicted molar refractivity (Wildman–Crippen MR) is 109 cm³/mol. The molecule has 1 aliphatic rings. The van der Waals surface area contributed by atoms with Crippen molar-refractivity contribution >= 4 is 17.3 Å². The highest BCUT2D eigenvalue weighted by Crippen LogP contribution is 2.37. The van der Waals surface area contributed by atoms with Crippen molar-refractivity contribution in [1.29, 1.82) is 0 Å². The number of para-hydroxylation sites is 1. The average Bonchev–Trinajstić information content (AvgIpc) is 2.83. The van der Waals surface area contributed by atoms with Crippen LogP contribution in [0.1, 0.15) is 18.9 Å². The van der Waals surface area contributed by atoms with Crippen LogP contribution in [0.25, 0.3) is 11.1 Å². The van der Waals surface area contributed by atoms with Gasteiger partial charge in [0, 0.05) is 18.0 Å². The van der Waals surface area contributed by atoms with Gasteiger partial charge in [-0.25, -0.2) is 0 Å². The number of hydrogen-bond donors (Lipinski definition) is 2. The van der Waals surface area contributed by atoms with Crippen LogP contribution in [0, 0.1) is 0 Å². The molecule has 0 spiro atoms. The van der Waals surface area contributed by atoms with Crippen molar-refractivity contribution in [1.82, 2.24) is 0 Å². The Morgan fingerprint density at radius 2 is 1.74 bits per heavy atom. The second-order valence-corrected chi connectivity index (χ2v) is 6.82. The highest BCUT2D eigenvalue weighted by Gasteiger charge is 2.20. The fourth-order valence-corrected chi connectivity index (χ4v) is 3.30. The Bertz CT molecular complexity index is 936. The molecule has 4 nitrogen and oxygen atoms in total. The Hall–Kier alpha value is -3.27. The molecule has 1 amide bonds. The zero-order chi connectivity index (χ0) is 18.6. The molecule has 136 valence electrons. The molecule has 0 aromatic heterocycles. The van der Waals surface area contributed by atoms with E-state index < -0.39 is 0 Å². The summed E-state index contributed by atoms with van der Waals surface area (Å²) in [6.45, 7) is 2.57. The quantitative estimate of drug-likeness (QED) is 0.684. The van der Waals surface area contributed by atoms with Crippen LogP contribution in [0.4, 0.5) is 11.4 Å². The van der Waals surface area contributed by atoms with Crippen molar-refractivity contribution in [2.45, 2.75) is 26.0 Å². The van der Waals surface area contributed by atoms with Crippen LogP contribution in [0.5, 0.6) is 5.75 Å². The molecule has 1 atom stereocenters. The van der Waals surface area contributed by atoms with Crippen molar-refractivity contribution in [3.05, 3.63) is 78.4 Å². The van der Waals surface area contributed by atoms with Gasteiger partial charge in [0.2, 0.25) is 5.91 Å². The number of hydrogen-bond acceptors (Lipinski definition) is 3. The van der Waals surface area contributed by atoms with E-state index in [2.05, 4.69) is 41.0 Å². The van der Waals surface area contributed by atoms with E-state index in [1.165, 1.54) is 0 Å². The summed E-state index contributed by atoms with van der Waals surface area (Å²) in [7, 11) is 0. The monoisotopic (exact) mass is 358 g/mol. The summed E-state index contributed by atoms with van der Waals surface area (Å²) in [6, 6.07) is 24.2. The molecule has 0 fully saturated rings. The molecule has 1 unspecified atom stereocenters. The van der Waals surface area contributed by atoms with Gasteiger partial charge in [0.05, 0.1) is 11.4 Å². The summed E-state index contributed by atoms with van der Waals surface area (Å²) in [5.74, 6) is 0.870. The molecule has 0 aliphatic carbocycles. The molecule has 3 aromatic rings. The van der Waals surface area contributed by atoms with Crippen LogP contribution in [0.2, 0.25) is 0 Å². The first-order valence-electron chi connectivity index (χ1n) is 9.15. The zero-order valence-electron chi connectivity index (χ0n) is 15.2. The van der Waals surface area contributed by atoms with E-state index in [-0.39, 0.29) is 11.9 Å². The van der Waals surface area contributed by atoms with Gasteiger partial charge in [-0.3, -0.25) is 4.79 Å². The summed E-state index contributed by atoms with van der Waals surface area (Å²) in [4.78, 5) is 12.0. The van der Waals surface area contributed by atoms with Crippen molar-refractivity contribution in [3.63, 3.8) is 0 Å². The number of carbonyl (C=O) groups excluding carboxylic acids is 1. The molecule has 3 aromatic carbocycles. The first-order chi connectivity index (χ1) is 13.2. The largest absolute Gasteiger partial charge is 0.489 e. The van der Waals surface area contributed by atoms with Gasteiger partial charge in [-0.2, -0.15) is 0 Å². The Balaban J connectivity index is 1.56. The third-order valence-electron chi connectivity index (χ3n) is 4.63. The van der Waals surface area contributed by atoms with Crippen LogP contribution in [-0.2, 0) is 11.4 Å². The van der Waals surface area contributed by atoms with E-state index in [0.717, 1.165) is 33.8 Å². The van der Waals surface area contributed by atoms with Crippen LogP contribution in [-0.4, -0.2) is 11.9 Å². The summed E-state index contributed by atoms with van der Waals surface area (Å²) in [6.07, 6.45) is 0.459. The van der Waals surface area contributed by atoms with Gasteiger partial charge in [-0.05, 0) is 36.2 Å². The minimum atomic E-state index is 0.0376. The average molecular weight is 358 g/mol. The van der Waals surface area contributed by atoms with Gasteiger partial charge in [0.1, 0.15) is 12.4 Å². The van der Waals surface area contributed by atoms with E-state index in [4.69, 9.17) is 4.74 Å². The number of ether oxygens (including phenoxy) is 1. The maximum Gasteiger partial charge on any atom is 0.226 e. The molecule has 4 rings (SSSR count).